The molecule has 1 amide bonds. The summed E-state index contributed by atoms with van der Waals surface area (Å²) in [5, 5.41) is 0.216. The summed E-state index contributed by atoms with van der Waals surface area (Å²) in [6.45, 7) is 1.52. The van der Waals surface area contributed by atoms with Crippen LogP contribution in [0.4, 0.5) is 4.39 Å². The van der Waals surface area contributed by atoms with E-state index in [1.807, 2.05) is 0 Å². The summed E-state index contributed by atoms with van der Waals surface area (Å²) in [5.74, 6) is -0.135. The van der Waals surface area contributed by atoms with Gasteiger partial charge in [-0.1, -0.05) is 22.0 Å². The lowest BCUT2D eigenvalue weighted by molar-refractivity contribution is -0.126. The largest absolute Gasteiger partial charge is 0.315 e. The predicted molar refractivity (Wildman–Crippen MR) is 53.3 cm³/mol. The molecular weight excluding hydrogens is 237 g/mol. The van der Waals surface area contributed by atoms with E-state index in [-0.39, 0.29) is 17.8 Å². The molecule has 0 bridgehead atoms. The third-order valence-corrected chi connectivity index (χ3v) is 2.21. The molecule has 1 rings (SSSR count). The average molecular weight is 248 g/mol. The summed E-state index contributed by atoms with van der Waals surface area (Å²) in [6.07, 6.45) is 6.31. The molecule has 72 valence electrons. The first-order valence-electron chi connectivity index (χ1n) is 3.95. The molecule has 0 radical (unpaired) electrons. The summed E-state index contributed by atoms with van der Waals surface area (Å²) in [7, 11) is 0. The standard InChI is InChI=1S/C9H11BrFNO/c1-9(11)4-2-3-5-12(7-9)8(13)6-10/h2-5H,6-7H2,1H3. The topological polar surface area (TPSA) is 20.3 Å². The minimum Gasteiger partial charge on any atom is -0.315 e. The van der Waals surface area contributed by atoms with Crippen molar-refractivity contribution in [1.82, 2.24) is 4.90 Å². The highest BCUT2D eigenvalue weighted by Gasteiger charge is 2.25. The molecule has 1 atom stereocenters. The van der Waals surface area contributed by atoms with Gasteiger partial charge in [-0.3, -0.25) is 4.79 Å². The monoisotopic (exact) mass is 247 g/mol. The van der Waals surface area contributed by atoms with Gasteiger partial charge in [0.15, 0.2) is 0 Å². The van der Waals surface area contributed by atoms with Crippen molar-refractivity contribution in [3.05, 3.63) is 24.4 Å². The summed E-state index contributed by atoms with van der Waals surface area (Å²) < 4.78 is 13.5. The lowest BCUT2D eigenvalue weighted by Crippen LogP contribution is -2.37. The molecule has 0 aromatic rings. The van der Waals surface area contributed by atoms with Gasteiger partial charge in [0.1, 0.15) is 5.67 Å². The van der Waals surface area contributed by atoms with Gasteiger partial charge in [0.2, 0.25) is 5.91 Å². The molecule has 0 aromatic carbocycles. The number of halogens is 2. The van der Waals surface area contributed by atoms with Gasteiger partial charge in [-0.2, -0.15) is 0 Å². The third kappa shape index (κ3) is 2.95. The van der Waals surface area contributed by atoms with Crippen molar-refractivity contribution in [1.29, 1.82) is 0 Å². The molecule has 1 unspecified atom stereocenters. The van der Waals surface area contributed by atoms with E-state index in [1.165, 1.54) is 17.9 Å². The normalized spacial score (nSPS) is 27.5. The van der Waals surface area contributed by atoms with Gasteiger partial charge in [0.25, 0.3) is 0 Å². The Kier molecular flexibility index (Phi) is 3.25. The maximum absolute atomic E-state index is 13.5. The van der Waals surface area contributed by atoms with Crippen LogP contribution in [0.3, 0.4) is 0 Å². The Morgan fingerprint density at radius 3 is 3.00 bits per heavy atom. The van der Waals surface area contributed by atoms with E-state index in [0.717, 1.165) is 0 Å². The van der Waals surface area contributed by atoms with E-state index >= 15 is 0 Å². The summed E-state index contributed by atoms with van der Waals surface area (Å²) in [6, 6.07) is 0. The van der Waals surface area contributed by atoms with Gasteiger partial charge in [-0.15, -0.1) is 0 Å². The number of nitrogens with zero attached hydrogens (tertiary/aromatic N) is 1. The Morgan fingerprint density at radius 2 is 2.38 bits per heavy atom. The minimum atomic E-state index is -1.44. The van der Waals surface area contributed by atoms with Crippen LogP contribution in [0.2, 0.25) is 0 Å². The van der Waals surface area contributed by atoms with Crippen molar-refractivity contribution in [3.63, 3.8) is 0 Å². The third-order valence-electron chi connectivity index (χ3n) is 1.74. The highest BCUT2D eigenvalue weighted by atomic mass is 79.9. The molecule has 0 spiro atoms. The second kappa shape index (κ2) is 4.05. The first kappa shape index (κ1) is 10.4. The number of rotatable bonds is 1. The van der Waals surface area contributed by atoms with Crippen molar-refractivity contribution < 1.29 is 9.18 Å². The fourth-order valence-electron chi connectivity index (χ4n) is 1.10. The number of amides is 1. The minimum absolute atomic E-state index is 0.0738. The van der Waals surface area contributed by atoms with E-state index < -0.39 is 5.67 Å². The van der Waals surface area contributed by atoms with Crippen LogP contribution in [0.25, 0.3) is 0 Å². The first-order chi connectivity index (χ1) is 6.05. The summed E-state index contributed by atoms with van der Waals surface area (Å²) in [4.78, 5) is 12.6. The van der Waals surface area contributed by atoms with Gasteiger partial charge < -0.3 is 4.90 Å². The molecule has 0 saturated heterocycles. The number of allylic oxidation sites excluding steroid dienone is 2. The van der Waals surface area contributed by atoms with E-state index in [4.69, 9.17) is 0 Å². The van der Waals surface area contributed by atoms with E-state index in [2.05, 4.69) is 15.9 Å². The quantitative estimate of drug-likeness (QED) is 0.650. The number of hydrogen-bond donors (Lipinski definition) is 0. The van der Waals surface area contributed by atoms with Crippen molar-refractivity contribution in [3.8, 4) is 0 Å². The van der Waals surface area contributed by atoms with Gasteiger partial charge in [-0.05, 0) is 19.1 Å². The SMILES string of the molecule is CC1(F)C=CC=CN(C(=O)CBr)C1. The number of hydrogen-bond acceptors (Lipinski definition) is 1. The van der Waals surface area contributed by atoms with E-state index in [1.54, 1.807) is 18.4 Å². The first-order valence-corrected chi connectivity index (χ1v) is 5.08. The Bertz CT molecular complexity index is 260. The highest BCUT2D eigenvalue weighted by molar-refractivity contribution is 9.09. The molecule has 2 nitrogen and oxygen atoms in total. The molecule has 0 fully saturated rings. The molecule has 4 heteroatoms. The molecule has 0 saturated carbocycles. The molecule has 1 aliphatic rings. The van der Waals surface area contributed by atoms with Crippen LogP contribution in [-0.4, -0.2) is 28.4 Å². The Labute approximate surface area is 85.2 Å². The maximum atomic E-state index is 13.5. The molecule has 0 aromatic heterocycles. The highest BCUT2D eigenvalue weighted by Crippen LogP contribution is 2.17. The van der Waals surface area contributed by atoms with Gasteiger partial charge in [-0.25, -0.2) is 4.39 Å². The molecule has 1 heterocycles. The molecule has 1 aliphatic heterocycles. The van der Waals surface area contributed by atoms with Crippen molar-refractivity contribution in [2.45, 2.75) is 12.6 Å². The lowest BCUT2D eigenvalue weighted by atomic mass is 10.1. The van der Waals surface area contributed by atoms with Crippen molar-refractivity contribution in [2.75, 3.05) is 11.9 Å². The van der Waals surface area contributed by atoms with Gasteiger partial charge in [0, 0.05) is 6.20 Å². The predicted octanol–water partition coefficient (Wildman–Crippen LogP) is 2.02. The van der Waals surface area contributed by atoms with Crippen LogP contribution in [0.15, 0.2) is 24.4 Å². The Hall–Kier alpha value is -0.640. The fraction of sp³-hybridized carbons (Fsp3) is 0.444. The van der Waals surface area contributed by atoms with Crippen molar-refractivity contribution >= 4 is 21.8 Å². The number of alkyl halides is 2. The second-order valence-electron chi connectivity index (χ2n) is 3.13. The smallest absolute Gasteiger partial charge is 0.237 e. The summed E-state index contributed by atoms with van der Waals surface area (Å²) in [5.41, 5.74) is -1.44. The van der Waals surface area contributed by atoms with Gasteiger partial charge in [0.05, 0.1) is 11.9 Å². The van der Waals surface area contributed by atoms with Crippen LogP contribution < -0.4 is 0 Å². The summed E-state index contributed by atoms with van der Waals surface area (Å²) >= 11 is 3.05. The molecule has 13 heavy (non-hydrogen) atoms. The molecule has 0 aliphatic carbocycles. The molecular formula is C9H11BrFNO. The van der Waals surface area contributed by atoms with Gasteiger partial charge >= 0.3 is 0 Å². The van der Waals surface area contributed by atoms with Crippen molar-refractivity contribution in [2.24, 2.45) is 0 Å². The lowest BCUT2D eigenvalue weighted by Gasteiger charge is -2.23. The molecule has 0 N–H and O–H groups in total. The van der Waals surface area contributed by atoms with E-state index in [9.17, 15) is 9.18 Å². The zero-order valence-electron chi connectivity index (χ0n) is 7.34. The average Bonchev–Trinajstić information content (AvgIpc) is 2.25. The van der Waals surface area contributed by atoms with Crippen LogP contribution >= 0.6 is 15.9 Å². The van der Waals surface area contributed by atoms with E-state index in [0.29, 0.717) is 0 Å². The van der Waals surface area contributed by atoms with Crippen LogP contribution in [0, 0.1) is 0 Å². The van der Waals surface area contributed by atoms with Crippen LogP contribution in [0.5, 0.6) is 0 Å². The Morgan fingerprint density at radius 1 is 1.69 bits per heavy atom. The fourth-order valence-corrected chi connectivity index (χ4v) is 1.42. The zero-order valence-corrected chi connectivity index (χ0v) is 8.92. The zero-order chi connectivity index (χ0) is 9.90. The van der Waals surface area contributed by atoms with Crippen LogP contribution in [0.1, 0.15) is 6.92 Å². The Balaban J connectivity index is 2.74. The number of carbonyl (C=O) groups excluding carboxylic acids is 1. The maximum Gasteiger partial charge on any atom is 0.237 e. The second-order valence-corrected chi connectivity index (χ2v) is 3.69. The van der Waals surface area contributed by atoms with Crippen LogP contribution in [-0.2, 0) is 4.79 Å². The number of carbonyl (C=O) groups is 1.